The van der Waals surface area contributed by atoms with Crippen LogP contribution >= 0.6 is 0 Å². The molecule has 0 saturated carbocycles. The Hall–Kier alpha value is -3.02. The Morgan fingerprint density at radius 1 is 1.22 bits per heavy atom. The molecule has 2 aromatic carbocycles. The van der Waals surface area contributed by atoms with Crippen molar-refractivity contribution in [2.24, 2.45) is 0 Å². The van der Waals surface area contributed by atoms with E-state index in [-0.39, 0.29) is 23.3 Å². The number of nitrogens with one attached hydrogen (secondary N) is 1. The van der Waals surface area contributed by atoms with Gasteiger partial charge in [0, 0.05) is 13.0 Å². The van der Waals surface area contributed by atoms with Crippen molar-refractivity contribution < 1.29 is 9.18 Å². The van der Waals surface area contributed by atoms with Gasteiger partial charge in [-0.25, -0.2) is 9.37 Å². The van der Waals surface area contributed by atoms with Gasteiger partial charge in [-0.05, 0) is 49.6 Å². The van der Waals surface area contributed by atoms with Crippen molar-refractivity contribution in [3.63, 3.8) is 0 Å². The molecule has 0 bridgehead atoms. The monoisotopic (exact) mass is 367 g/mol. The number of halogens is 1. The minimum atomic E-state index is -0.304. The van der Waals surface area contributed by atoms with Gasteiger partial charge in [-0.15, -0.1) is 0 Å². The number of hydrogen-bond donors (Lipinski definition) is 1. The van der Waals surface area contributed by atoms with Crippen molar-refractivity contribution in [1.82, 2.24) is 14.9 Å². The van der Waals surface area contributed by atoms with Crippen molar-refractivity contribution in [2.75, 3.05) is 0 Å². The third-order valence-electron chi connectivity index (χ3n) is 4.61. The molecule has 1 aromatic heterocycles. The molecule has 1 atom stereocenters. The summed E-state index contributed by atoms with van der Waals surface area (Å²) in [5, 5.41) is 3.48. The van der Waals surface area contributed by atoms with E-state index >= 15 is 0 Å². The maximum atomic E-state index is 13.0. The number of amides is 1. The van der Waals surface area contributed by atoms with Crippen LogP contribution in [0.4, 0.5) is 4.39 Å². The second kappa shape index (κ2) is 8.12. The Kier molecular flexibility index (Phi) is 5.64. The van der Waals surface area contributed by atoms with Crippen molar-refractivity contribution in [2.45, 2.75) is 39.3 Å². The zero-order valence-electron chi connectivity index (χ0n) is 15.4. The van der Waals surface area contributed by atoms with Crippen LogP contribution < -0.4 is 10.9 Å². The van der Waals surface area contributed by atoms with Crippen LogP contribution in [-0.2, 0) is 11.3 Å². The van der Waals surface area contributed by atoms with E-state index in [0.717, 1.165) is 11.1 Å². The number of para-hydroxylation sites is 1. The van der Waals surface area contributed by atoms with Gasteiger partial charge in [0.25, 0.3) is 5.56 Å². The normalized spacial score (nSPS) is 12.1. The number of hydrogen-bond acceptors (Lipinski definition) is 3. The van der Waals surface area contributed by atoms with E-state index in [1.54, 1.807) is 22.8 Å². The molecule has 0 aliphatic rings. The molecule has 1 amide bonds. The SMILES string of the molecule is Cc1cccc2c(=O)n(CCCC(=O)NC(C)c3ccc(F)cc3)cnc12. The third kappa shape index (κ3) is 4.39. The van der Waals surface area contributed by atoms with Crippen molar-refractivity contribution in [3.05, 3.63) is 76.1 Å². The first-order valence-electron chi connectivity index (χ1n) is 8.95. The first-order valence-corrected chi connectivity index (χ1v) is 8.95. The molecule has 1 heterocycles. The topological polar surface area (TPSA) is 64.0 Å². The Morgan fingerprint density at radius 2 is 1.96 bits per heavy atom. The molecular weight excluding hydrogens is 345 g/mol. The average Bonchev–Trinajstić information content (AvgIpc) is 2.64. The van der Waals surface area contributed by atoms with Gasteiger partial charge >= 0.3 is 0 Å². The van der Waals surface area contributed by atoms with Gasteiger partial charge in [0.15, 0.2) is 0 Å². The van der Waals surface area contributed by atoms with Crippen LogP contribution in [0.5, 0.6) is 0 Å². The molecule has 1 unspecified atom stereocenters. The van der Waals surface area contributed by atoms with Crippen LogP contribution in [-0.4, -0.2) is 15.5 Å². The summed E-state index contributed by atoms with van der Waals surface area (Å²) in [5.41, 5.74) is 2.43. The summed E-state index contributed by atoms with van der Waals surface area (Å²) < 4.78 is 14.5. The molecule has 0 fully saturated rings. The van der Waals surface area contributed by atoms with Crippen LogP contribution in [0.25, 0.3) is 10.9 Å². The summed E-state index contributed by atoms with van der Waals surface area (Å²) in [7, 11) is 0. The molecule has 0 aliphatic heterocycles. The first-order chi connectivity index (χ1) is 13.0. The van der Waals surface area contributed by atoms with Crippen LogP contribution in [0, 0.1) is 12.7 Å². The molecule has 0 saturated heterocycles. The summed E-state index contributed by atoms with van der Waals surface area (Å²) in [6, 6.07) is 11.4. The largest absolute Gasteiger partial charge is 0.350 e. The number of aryl methyl sites for hydroxylation is 2. The summed E-state index contributed by atoms with van der Waals surface area (Å²) in [6.45, 7) is 4.20. The van der Waals surface area contributed by atoms with E-state index in [9.17, 15) is 14.0 Å². The summed E-state index contributed by atoms with van der Waals surface area (Å²) >= 11 is 0. The van der Waals surface area contributed by atoms with Crippen molar-refractivity contribution >= 4 is 16.8 Å². The van der Waals surface area contributed by atoms with E-state index < -0.39 is 0 Å². The molecule has 1 N–H and O–H groups in total. The molecule has 0 spiro atoms. The van der Waals surface area contributed by atoms with E-state index in [1.807, 2.05) is 26.0 Å². The lowest BCUT2D eigenvalue weighted by Gasteiger charge is -2.14. The third-order valence-corrected chi connectivity index (χ3v) is 4.61. The van der Waals surface area contributed by atoms with Crippen LogP contribution in [0.1, 0.15) is 36.9 Å². The molecule has 140 valence electrons. The zero-order valence-corrected chi connectivity index (χ0v) is 15.4. The Balaban J connectivity index is 1.57. The molecule has 27 heavy (non-hydrogen) atoms. The van der Waals surface area contributed by atoms with E-state index in [4.69, 9.17) is 0 Å². The van der Waals surface area contributed by atoms with Gasteiger partial charge in [0.1, 0.15) is 5.82 Å². The fraction of sp³-hybridized carbons (Fsp3) is 0.286. The molecule has 6 heteroatoms. The van der Waals surface area contributed by atoms with Gasteiger partial charge in [-0.2, -0.15) is 0 Å². The standard InChI is InChI=1S/C21H22FN3O2/c1-14-5-3-6-18-20(14)23-13-25(21(18)27)12-4-7-19(26)24-15(2)16-8-10-17(22)11-9-16/h3,5-6,8-11,13,15H,4,7,12H2,1-2H3,(H,24,26). The van der Waals surface area contributed by atoms with E-state index in [0.29, 0.717) is 30.3 Å². The lowest BCUT2D eigenvalue weighted by atomic mass is 10.1. The smallest absolute Gasteiger partial charge is 0.261 e. The first kappa shape index (κ1) is 18.8. The fourth-order valence-corrected chi connectivity index (χ4v) is 3.06. The highest BCUT2D eigenvalue weighted by Gasteiger charge is 2.10. The minimum absolute atomic E-state index is 0.0937. The highest BCUT2D eigenvalue weighted by molar-refractivity contribution is 5.80. The lowest BCUT2D eigenvalue weighted by molar-refractivity contribution is -0.121. The zero-order chi connectivity index (χ0) is 19.4. The predicted molar refractivity (Wildman–Crippen MR) is 103 cm³/mol. The number of fused-ring (bicyclic) bond motifs is 1. The summed E-state index contributed by atoms with van der Waals surface area (Å²) in [4.78, 5) is 29.0. The van der Waals surface area contributed by atoms with Gasteiger partial charge in [-0.3, -0.25) is 14.2 Å². The van der Waals surface area contributed by atoms with Gasteiger partial charge < -0.3 is 5.32 Å². The molecule has 0 radical (unpaired) electrons. The maximum absolute atomic E-state index is 13.0. The quantitative estimate of drug-likeness (QED) is 0.725. The van der Waals surface area contributed by atoms with Crippen LogP contribution in [0.2, 0.25) is 0 Å². The van der Waals surface area contributed by atoms with Crippen LogP contribution in [0.15, 0.2) is 53.6 Å². The second-order valence-corrected chi connectivity index (χ2v) is 6.66. The highest BCUT2D eigenvalue weighted by Crippen LogP contribution is 2.14. The van der Waals surface area contributed by atoms with E-state index in [2.05, 4.69) is 10.3 Å². The molecule has 0 aliphatic carbocycles. The molecular formula is C21H22FN3O2. The summed E-state index contributed by atoms with van der Waals surface area (Å²) in [5.74, 6) is -0.411. The number of aromatic nitrogens is 2. The van der Waals surface area contributed by atoms with Crippen molar-refractivity contribution in [3.8, 4) is 0 Å². The lowest BCUT2D eigenvalue weighted by Crippen LogP contribution is -2.27. The predicted octanol–water partition coefficient (Wildman–Crippen LogP) is 3.50. The second-order valence-electron chi connectivity index (χ2n) is 6.66. The average molecular weight is 367 g/mol. The number of carbonyl (C=O) groups is 1. The Bertz CT molecular complexity index is 1010. The van der Waals surface area contributed by atoms with Gasteiger partial charge in [-0.1, -0.05) is 24.3 Å². The fourth-order valence-electron chi connectivity index (χ4n) is 3.06. The number of carbonyl (C=O) groups excluding carboxylic acids is 1. The summed E-state index contributed by atoms with van der Waals surface area (Å²) in [6.07, 6.45) is 2.36. The van der Waals surface area contributed by atoms with Crippen LogP contribution in [0.3, 0.4) is 0 Å². The maximum Gasteiger partial charge on any atom is 0.261 e. The Morgan fingerprint density at radius 3 is 2.70 bits per heavy atom. The van der Waals surface area contributed by atoms with Gasteiger partial charge in [0.05, 0.1) is 23.3 Å². The van der Waals surface area contributed by atoms with Gasteiger partial charge in [0.2, 0.25) is 5.91 Å². The molecule has 5 nitrogen and oxygen atoms in total. The number of rotatable bonds is 6. The van der Waals surface area contributed by atoms with E-state index in [1.165, 1.54) is 18.5 Å². The number of nitrogens with zero attached hydrogens (tertiary/aromatic N) is 2. The Labute approximate surface area is 156 Å². The highest BCUT2D eigenvalue weighted by atomic mass is 19.1. The van der Waals surface area contributed by atoms with Crippen molar-refractivity contribution in [1.29, 1.82) is 0 Å². The minimum Gasteiger partial charge on any atom is -0.350 e. The molecule has 3 rings (SSSR count). The molecule has 3 aromatic rings. The number of benzene rings is 2.